The van der Waals surface area contributed by atoms with Gasteiger partial charge in [-0.05, 0) is 48.4 Å². The summed E-state index contributed by atoms with van der Waals surface area (Å²) in [4.78, 5) is 26.6. The van der Waals surface area contributed by atoms with Crippen LogP contribution in [0.4, 0.5) is 5.82 Å². The number of benzene rings is 3. The molecule has 0 radical (unpaired) electrons. The van der Waals surface area contributed by atoms with Crippen molar-refractivity contribution in [2.75, 3.05) is 38.2 Å². The first-order valence-corrected chi connectivity index (χ1v) is 13.5. The zero-order valence-corrected chi connectivity index (χ0v) is 22.7. The van der Waals surface area contributed by atoms with Crippen LogP contribution in [0.3, 0.4) is 0 Å². The van der Waals surface area contributed by atoms with Gasteiger partial charge in [-0.15, -0.1) is 0 Å². The Balaban J connectivity index is 1.27. The van der Waals surface area contributed by atoms with E-state index in [2.05, 4.69) is 71.1 Å². The van der Waals surface area contributed by atoms with Crippen LogP contribution in [0.1, 0.15) is 11.1 Å². The predicted molar refractivity (Wildman–Crippen MR) is 160 cm³/mol. The average molecular weight is 530 g/mol. The highest BCUT2D eigenvalue weighted by atomic mass is 16.5. The monoisotopic (exact) mass is 529 g/mol. The summed E-state index contributed by atoms with van der Waals surface area (Å²) in [6.45, 7) is 4.72. The molecule has 40 heavy (non-hydrogen) atoms. The summed E-state index contributed by atoms with van der Waals surface area (Å²) < 4.78 is 7.35. The Bertz CT molecular complexity index is 1650. The van der Waals surface area contributed by atoms with Crippen molar-refractivity contribution in [3.05, 3.63) is 109 Å². The minimum atomic E-state index is 0.0128. The first-order chi connectivity index (χ1) is 19.6. The number of amides is 1. The Morgan fingerprint density at radius 3 is 2.30 bits per heavy atom. The second kappa shape index (κ2) is 11.1. The maximum absolute atomic E-state index is 12.9. The maximum Gasteiger partial charge on any atom is 0.246 e. The number of methoxy groups -OCH3 is 1. The largest absolute Gasteiger partial charge is 0.497 e. The lowest BCUT2D eigenvalue weighted by Gasteiger charge is -2.35. The van der Waals surface area contributed by atoms with Gasteiger partial charge in [-0.1, -0.05) is 60.2 Å². The van der Waals surface area contributed by atoms with Crippen molar-refractivity contribution in [2.24, 2.45) is 0 Å². The van der Waals surface area contributed by atoms with Crippen LogP contribution in [0.5, 0.6) is 5.75 Å². The van der Waals surface area contributed by atoms with Crippen LogP contribution < -0.4 is 9.64 Å². The van der Waals surface area contributed by atoms with Crippen LogP contribution in [0, 0.1) is 6.92 Å². The third-order valence-electron chi connectivity index (χ3n) is 7.38. The molecule has 1 saturated heterocycles. The number of carbonyl (C=O) groups excluding carboxylic acids is 1. The molecule has 5 aromatic rings. The van der Waals surface area contributed by atoms with Gasteiger partial charge in [0.05, 0.1) is 12.5 Å². The summed E-state index contributed by atoms with van der Waals surface area (Å²) in [6.07, 6.45) is 7.30. The highest BCUT2D eigenvalue weighted by Gasteiger charge is 2.25. The molecule has 0 bridgehead atoms. The number of aromatic nitrogens is 3. The second-order valence-corrected chi connectivity index (χ2v) is 9.93. The maximum atomic E-state index is 12.9. The minimum Gasteiger partial charge on any atom is -0.497 e. The molecule has 0 atom stereocenters. The molecule has 200 valence electrons. The molecule has 0 aliphatic carbocycles. The number of carbonyl (C=O) groups is 1. The summed E-state index contributed by atoms with van der Waals surface area (Å²) in [5, 5.41) is 1.02. The zero-order valence-electron chi connectivity index (χ0n) is 22.7. The summed E-state index contributed by atoms with van der Waals surface area (Å²) in [7, 11) is 1.64. The van der Waals surface area contributed by atoms with E-state index in [0.29, 0.717) is 26.2 Å². The fourth-order valence-electron chi connectivity index (χ4n) is 5.15. The van der Waals surface area contributed by atoms with E-state index >= 15 is 0 Å². The molecular formula is C33H31N5O2. The van der Waals surface area contributed by atoms with E-state index in [1.54, 1.807) is 19.5 Å². The van der Waals surface area contributed by atoms with E-state index in [1.807, 2.05) is 41.3 Å². The van der Waals surface area contributed by atoms with E-state index in [4.69, 9.17) is 14.7 Å². The molecule has 1 aliphatic rings. The van der Waals surface area contributed by atoms with Gasteiger partial charge < -0.3 is 19.1 Å². The van der Waals surface area contributed by atoms with Crippen LogP contribution in [-0.2, 0) is 4.79 Å². The zero-order chi connectivity index (χ0) is 27.5. The third-order valence-corrected chi connectivity index (χ3v) is 7.38. The van der Waals surface area contributed by atoms with Crippen LogP contribution in [0.25, 0.3) is 33.9 Å². The number of hydrogen-bond donors (Lipinski definition) is 0. The van der Waals surface area contributed by atoms with Crippen LogP contribution >= 0.6 is 0 Å². The van der Waals surface area contributed by atoms with E-state index in [9.17, 15) is 4.79 Å². The number of anilines is 1. The second-order valence-electron chi connectivity index (χ2n) is 9.93. The number of rotatable bonds is 6. The van der Waals surface area contributed by atoms with E-state index in [0.717, 1.165) is 45.0 Å². The molecule has 1 aliphatic heterocycles. The fourth-order valence-corrected chi connectivity index (χ4v) is 5.15. The molecular weight excluding hydrogens is 498 g/mol. The Hall–Kier alpha value is -4.91. The van der Waals surface area contributed by atoms with Gasteiger partial charge in [-0.2, -0.15) is 0 Å². The summed E-state index contributed by atoms with van der Waals surface area (Å²) >= 11 is 0. The van der Waals surface area contributed by atoms with Gasteiger partial charge in [0.1, 0.15) is 17.9 Å². The van der Waals surface area contributed by atoms with Crippen LogP contribution in [-0.4, -0.2) is 58.6 Å². The molecule has 0 saturated carbocycles. The summed E-state index contributed by atoms with van der Waals surface area (Å²) in [5.41, 5.74) is 6.31. The Morgan fingerprint density at radius 1 is 0.875 bits per heavy atom. The molecule has 0 spiro atoms. The molecule has 1 fully saturated rings. The topological polar surface area (TPSA) is 63.5 Å². The standard InChI is InChI=1S/C33H31N5O2/c1-24-8-13-27(14-9-24)38-22-29(26-6-4-3-5-7-26)31-32(34-23-35-33(31)38)37-20-18-36(19-21-37)30(39)17-12-25-10-15-28(40-2)16-11-25/h3-17,22-23H,18-21H2,1-2H3/b17-12+. The first-order valence-electron chi connectivity index (χ1n) is 13.5. The molecule has 0 unspecified atom stereocenters. The normalized spacial score (nSPS) is 13.8. The fraction of sp³-hybridized carbons (Fsp3) is 0.182. The van der Waals surface area contributed by atoms with Crippen molar-refractivity contribution in [3.8, 4) is 22.6 Å². The molecule has 2 aromatic heterocycles. The lowest BCUT2D eigenvalue weighted by molar-refractivity contribution is -0.126. The molecule has 3 heterocycles. The minimum absolute atomic E-state index is 0.0128. The van der Waals surface area contributed by atoms with Gasteiger partial charge in [-0.25, -0.2) is 9.97 Å². The number of ether oxygens (including phenoxy) is 1. The van der Waals surface area contributed by atoms with Crippen molar-refractivity contribution in [2.45, 2.75) is 6.92 Å². The summed E-state index contributed by atoms with van der Waals surface area (Å²) in [5.74, 6) is 1.71. The number of piperazine rings is 1. The van der Waals surface area contributed by atoms with Gasteiger partial charge in [0.2, 0.25) is 5.91 Å². The number of fused-ring (bicyclic) bond motifs is 1. The Labute approximate surface area is 234 Å². The van der Waals surface area contributed by atoms with Crippen LogP contribution in [0.15, 0.2) is 97.5 Å². The predicted octanol–water partition coefficient (Wildman–Crippen LogP) is 5.77. The van der Waals surface area contributed by atoms with Gasteiger partial charge >= 0.3 is 0 Å². The van der Waals surface area contributed by atoms with Crippen molar-refractivity contribution in [1.29, 1.82) is 0 Å². The molecule has 3 aromatic carbocycles. The highest BCUT2D eigenvalue weighted by molar-refractivity contribution is 6.02. The van der Waals surface area contributed by atoms with Crippen molar-refractivity contribution >= 4 is 28.8 Å². The third kappa shape index (κ3) is 5.06. The Kier molecular flexibility index (Phi) is 7.02. The SMILES string of the molecule is COc1ccc(/C=C/C(=O)N2CCN(c3ncnc4c3c(-c3ccccc3)cn4-c3ccc(C)cc3)CC2)cc1. The van der Waals surface area contributed by atoms with Crippen molar-refractivity contribution < 1.29 is 9.53 Å². The summed E-state index contributed by atoms with van der Waals surface area (Å²) in [6, 6.07) is 26.5. The van der Waals surface area contributed by atoms with E-state index in [1.165, 1.54) is 5.56 Å². The number of aryl methyl sites for hydroxylation is 1. The Morgan fingerprint density at radius 2 is 1.60 bits per heavy atom. The van der Waals surface area contributed by atoms with Gasteiger partial charge in [0.15, 0.2) is 5.65 Å². The quantitative estimate of drug-likeness (QED) is 0.262. The van der Waals surface area contributed by atoms with Crippen LogP contribution in [0.2, 0.25) is 0 Å². The van der Waals surface area contributed by atoms with Crippen molar-refractivity contribution in [3.63, 3.8) is 0 Å². The average Bonchev–Trinajstić information content (AvgIpc) is 3.41. The van der Waals surface area contributed by atoms with E-state index in [-0.39, 0.29) is 5.91 Å². The lowest BCUT2D eigenvalue weighted by Crippen LogP contribution is -2.48. The number of hydrogen-bond acceptors (Lipinski definition) is 5. The lowest BCUT2D eigenvalue weighted by atomic mass is 10.1. The smallest absolute Gasteiger partial charge is 0.246 e. The number of nitrogens with zero attached hydrogens (tertiary/aromatic N) is 5. The molecule has 7 heteroatoms. The molecule has 6 rings (SSSR count). The molecule has 7 nitrogen and oxygen atoms in total. The van der Waals surface area contributed by atoms with Gasteiger partial charge in [0, 0.05) is 49.7 Å². The van der Waals surface area contributed by atoms with Gasteiger partial charge in [0.25, 0.3) is 0 Å². The van der Waals surface area contributed by atoms with Crippen molar-refractivity contribution in [1.82, 2.24) is 19.4 Å². The first kappa shape index (κ1) is 25.4. The van der Waals surface area contributed by atoms with E-state index < -0.39 is 0 Å². The molecule has 1 amide bonds. The highest BCUT2D eigenvalue weighted by Crippen LogP contribution is 2.37. The van der Waals surface area contributed by atoms with Gasteiger partial charge in [-0.3, -0.25) is 4.79 Å². The molecule has 0 N–H and O–H groups in total.